The van der Waals surface area contributed by atoms with Crippen LogP contribution in [-0.4, -0.2) is 23.6 Å². The summed E-state index contributed by atoms with van der Waals surface area (Å²) < 4.78 is 6.02. The Hall–Kier alpha value is -1.55. The molecule has 1 amide bonds. The Morgan fingerprint density at radius 3 is 2.62 bits per heavy atom. The van der Waals surface area contributed by atoms with Gasteiger partial charge in [0.05, 0.1) is 6.04 Å². The zero-order valence-electron chi connectivity index (χ0n) is 13.6. The number of para-hydroxylation sites is 1. The number of rotatable bonds is 4. The van der Waals surface area contributed by atoms with Crippen LogP contribution < -0.4 is 15.4 Å². The number of amides is 1. The number of nitrogens with one attached hydrogen (secondary N) is 2. The summed E-state index contributed by atoms with van der Waals surface area (Å²) in [5.74, 6) is 0.939. The first kappa shape index (κ1) is 15.8. The monoisotopic (exact) mass is 290 g/mol. The van der Waals surface area contributed by atoms with E-state index >= 15 is 0 Å². The normalized spacial score (nSPS) is 21.3. The molecule has 0 radical (unpaired) electrons. The van der Waals surface area contributed by atoms with E-state index in [1.165, 1.54) is 0 Å². The van der Waals surface area contributed by atoms with Crippen molar-refractivity contribution in [2.75, 3.05) is 0 Å². The van der Waals surface area contributed by atoms with Crippen LogP contribution >= 0.6 is 0 Å². The second-order valence-corrected chi connectivity index (χ2v) is 6.71. The summed E-state index contributed by atoms with van der Waals surface area (Å²) in [7, 11) is 0. The molecular formula is C17H26N2O2. The SMILES string of the molecule is CC(C)NC(=O)C(C)NC1CC(C)(C)Oc2ccccc21. The zero-order chi connectivity index (χ0) is 15.6. The van der Waals surface area contributed by atoms with Crippen LogP contribution in [0.15, 0.2) is 24.3 Å². The van der Waals surface area contributed by atoms with Crippen LogP contribution in [0.1, 0.15) is 52.6 Å². The summed E-state index contributed by atoms with van der Waals surface area (Å²) in [6.45, 7) is 10.0. The van der Waals surface area contributed by atoms with Gasteiger partial charge in [-0.25, -0.2) is 0 Å². The van der Waals surface area contributed by atoms with Crippen molar-refractivity contribution >= 4 is 5.91 Å². The lowest BCUT2D eigenvalue weighted by atomic mass is 9.89. The lowest BCUT2D eigenvalue weighted by molar-refractivity contribution is -0.123. The van der Waals surface area contributed by atoms with E-state index in [1.807, 2.05) is 39.0 Å². The van der Waals surface area contributed by atoms with Gasteiger partial charge < -0.3 is 10.1 Å². The Kier molecular flexibility index (Phi) is 4.57. The van der Waals surface area contributed by atoms with E-state index in [0.29, 0.717) is 0 Å². The van der Waals surface area contributed by atoms with E-state index < -0.39 is 0 Å². The van der Waals surface area contributed by atoms with Crippen molar-refractivity contribution in [1.82, 2.24) is 10.6 Å². The van der Waals surface area contributed by atoms with E-state index in [-0.39, 0.29) is 29.6 Å². The van der Waals surface area contributed by atoms with Crippen LogP contribution in [-0.2, 0) is 4.79 Å². The number of carbonyl (C=O) groups is 1. The molecule has 2 N–H and O–H groups in total. The zero-order valence-corrected chi connectivity index (χ0v) is 13.6. The Bertz CT molecular complexity index is 511. The molecule has 1 aromatic carbocycles. The first-order chi connectivity index (χ1) is 9.78. The molecule has 1 aromatic rings. The summed E-state index contributed by atoms with van der Waals surface area (Å²) in [5, 5.41) is 6.39. The number of benzene rings is 1. The first-order valence-electron chi connectivity index (χ1n) is 7.63. The fourth-order valence-electron chi connectivity index (χ4n) is 2.74. The molecule has 1 heterocycles. The minimum absolute atomic E-state index is 0.0341. The molecule has 0 saturated carbocycles. The van der Waals surface area contributed by atoms with Crippen molar-refractivity contribution in [3.63, 3.8) is 0 Å². The minimum atomic E-state index is -0.237. The highest BCUT2D eigenvalue weighted by Gasteiger charge is 2.34. The average molecular weight is 290 g/mol. The molecule has 1 aliphatic heterocycles. The van der Waals surface area contributed by atoms with Gasteiger partial charge >= 0.3 is 0 Å². The maximum absolute atomic E-state index is 12.1. The number of ether oxygens (including phenoxy) is 1. The molecule has 0 saturated heterocycles. The fourth-order valence-corrected chi connectivity index (χ4v) is 2.74. The molecule has 4 heteroatoms. The second kappa shape index (κ2) is 6.06. The van der Waals surface area contributed by atoms with Gasteiger partial charge in [0.2, 0.25) is 5.91 Å². The number of hydrogen-bond acceptors (Lipinski definition) is 3. The van der Waals surface area contributed by atoms with E-state index in [9.17, 15) is 4.79 Å². The van der Waals surface area contributed by atoms with Crippen molar-refractivity contribution in [3.8, 4) is 5.75 Å². The molecule has 0 fully saturated rings. The van der Waals surface area contributed by atoms with Gasteiger partial charge in [-0.15, -0.1) is 0 Å². The Labute approximate surface area is 127 Å². The third-order valence-corrected chi connectivity index (χ3v) is 3.65. The molecule has 0 spiro atoms. The molecule has 2 rings (SSSR count). The van der Waals surface area contributed by atoms with E-state index in [0.717, 1.165) is 17.7 Å². The van der Waals surface area contributed by atoms with Crippen LogP contribution in [0, 0.1) is 0 Å². The molecular weight excluding hydrogens is 264 g/mol. The van der Waals surface area contributed by atoms with Gasteiger partial charge in [-0.1, -0.05) is 18.2 Å². The Morgan fingerprint density at radius 1 is 1.29 bits per heavy atom. The average Bonchev–Trinajstić information content (AvgIpc) is 2.36. The molecule has 21 heavy (non-hydrogen) atoms. The smallest absolute Gasteiger partial charge is 0.237 e. The summed E-state index contributed by atoms with van der Waals surface area (Å²) in [6, 6.07) is 8.08. The highest BCUT2D eigenvalue weighted by molar-refractivity contribution is 5.81. The number of hydrogen-bond donors (Lipinski definition) is 2. The minimum Gasteiger partial charge on any atom is -0.487 e. The first-order valence-corrected chi connectivity index (χ1v) is 7.63. The topological polar surface area (TPSA) is 50.4 Å². The number of carbonyl (C=O) groups excluding carboxylic acids is 1. The Balaban J connectivity index is 2.14. The van der Waals surface area contributed by atoms with Crippen LogP contribution in [0.5, 0.6) is 5.75 Å². The quantitative estimate of drug-likeness (QED) is 0.896. The van der Waals surface area contributed by atoms with Crippen molar-refractivity contribution < 1.29 is 9.53 Å². The van der Waals surface area contributed by atoms with Crippen LogP contribution in [0.3, 0.4) is 0 Å². The van der Waals surface area contributed by atoms with E-state index in [2.05, 4.69) is 30.5 Å². The second-order valence-electron chi connectivity index (χ2n) is 6.71. The van der Waals surface area contributed by atoms with E-state index in [1.54, 1.807) is 0 Å². The van der Waals surface area contributed by atoms with Crippen molar-refractivity contribution in [2.24, 2.45) is 0 Å². The molecule has 116 valence electrons. The van der Waals surface area contributed by atoms with Gasteiger partial charge in [0.15, 0.2) is 0 Å². The highest BCUT2D eigenvalue weighted by atomic mass is 16.5. The van der Waals surface area contributed by atoms with Gasteiger partial charge in [0, 0.05) is 24.1 Å². The van der Waals surface area contributed by atoms with Crippen molar-refractivity contribution in [3.05, 3.63) is 29.8 Å². The highest BCUT2D eigenvalue weighted by Crippen LogP contribution is 2.39. The third-order valence-electron chi connectivity index (χ3n) is 3.65. The fraction of sp³-hybridized carbons (Fsp3) is 0.588. The van der Waals surface area contributed by atoms with Crippen LogP contribution in [0.25, 0.3) is 0 Å². The molecule has 0 aliphatic carbocycles. The molecule has 0 aromatic heterocycles. The van der Waals surface area contributed by atoms with E-state index in [4.69, 9.17) is 4.74 Å². The predicted octanol–water partition coefficient (Wildman–Crippen LogP) is 2.79. The number of fused-ring (bicyclic) bond motifs is 1. The van der Waals surface area contributed by atoms with Gasteiger partial charge in [0.25, 0.3) is 0 Å². The summed E-state index contributed by atoms with van der Waals surface area (Å²) in [5.41, 5.74) is 0.890. The lowest BCUT2D eigenvalue weighted by Gasteiger charge is -2.39. The maximum atomic E-state index is 12.1. The molecule has 0 bridgehead atoms. The Morgan fingerprint density at radius 2 is 1.95 bits per heavy atom. The van der Waals surface area contributed by atoms with Crippen molar-refractivity contribution in [2.45, 2.75) is 64.8 Å². The van der Waals surface area contributed by atoms with Gasteiger partial charge in [-0.3, -0.25) is 10.1 Å². The molecule has 4 nitrogen and oxygen atoms in total. The third kappa shape index (κ3) is 3.97. The standard InChI is InChI=1S/C17H26N2O2/c1-11(2)18-16(20)12(3)19-14-10-17(4,5)21-15-9-7-6-8-13(14)15/h6-9,11-12,14,19H,10H2,1-5H3,(H,18,20). The van der Waals surface area contributed by atoms with Crippen molar-refractivity contribution in [1.29, 1.82) is 0 Å². The molecule has 2 unspecified atom stereocenters. The largest absolute Gasteiger partial charge is 0.487 e. The van der Waals surface area contributed by atoms with Gasteiger partial charge in [-0.2, -0.15) is 0 Å². The molecule has 2 atom stereocenters. The summed E-state index contributed by atoms with van der Waals surface area (Å²) in [6.07, 6.45) is 0.837. The summed E-state index contributed by atoms with van der Waals surface area (Å²) >= 11 is 0. The van der Waals surface area contributed by atoms with Gasteiger partial charge in [0.1, 0.15) is 11.4 Å². The summed E-state index contributed by atoms with van der Waals surface area (Å²) in [4.78, 5) is 12.1. The lowest BCUT2D eigenvalue weighted by Crippen LogP contribution is -2.48. The predicted molar refractivity (Wildman–Crippen MR) is 84.4 cm³/mol. The van der Waals surface area contributed by atoms with Crippen LogP contribution in [0.4, 0.5) is 0 Å². The van der Waals surface area contributed by atoms with Crippen LogP contribution in [0.2, 0.25) is 0 Å². The maximum Gasteiger partial charge on any atom is 0.237 e. The molecule has 1 aliphatic rings. The van der Waals surface area contributed by atoms with Gasteiger partial charge in [-0.05, 0) is 40.7 Å².